The van der Waals surface area contributed by atoms with Crippen LogP contribution >= 0.6 is 0 Å². The number of hydrogen-bond donors (Lipinski definition) is 0. The lowest BCUT2D eigenvalue weighted by Gasteiger charge is -2.34. The van der Waals surface area contributed by atoms with Gasteiger partial charge in [0, 0.05) is 11.6 Å². The van der Waals surface area contributed by atoms with Gasteiger partial charge < -0.3 is 14.2 Å². The van der Waals surface area contributed by atoms with Gasteiger partial charge in [0.15, 0.2) is 17.3 Å². The molecule has 2 fully saturated rings. The molecule has 0 bridgehead atoms. The van der Waals surface area contributed by atoms with Crippen LogP contribution in [0.5, 0.6) is 17.2 Å². The van der Waals surface area contributed by atoms with E-state index in [2.05, 4.69) is 5.10 Å². The van der Waals surface area contributed by atoms with Gasteiger partial charge in [0.25, 0.3) is 0 Å². The molecule has 0 saturated carbocycles. The van der Waals surface area contributed by atoms with Crippen molar-refractivity contribution in [3.8, 4) is 17.2 Å². The van der Waals surface area contributed by atoms with Gasteiger partial charge in [-0.15, -0.1) is 0 Å². The summed E-state index contributed by atoms with van der Waals surface area (Å²) in [6.45, 7) is 0.818. The number of carbonyl (C=O) groups excluding carboxylic acids is 3. The van der Waals surface area contributed by atoms with Crippen LogP contribution in [-0.4, -0.2) is 55.2 Å². The molecule has 38 heavy (non-hydrogen) atoms. The van der Waals surface area contributed by atoms with Crippen LogP contribution in [0.3, 0.4) is 0 Å². The Balaban J connectivity index is 1.33. The molecule has 7 rings (SSSR count). The monoisotopic (exact) mass is 509 g/mol. The first-order valence-electron chi connectivity index (χ1n) is 12.4. The van der Waals surface area contributed by atoms with Crippen molar-refractivity contribution in [1.82, 2.24) is 5.01 Å². The first-order valence-corrected chi connectivity index (χ1v) is 12.4. The maximum Gasteiger partial charge on any atom is 0.240 e. The number of imide groups is 1. The Kier molecular flexibility index (Phi) is 5.01. The second kappa shape index (κ2) is 8.44. The molecular weight excluding hydrogens is 486 g/mol. The molecule has 0 unspecified atom stereocenters. The summed E-state index contributed by atoms with van der Waals surface area (Å²) in [5.41, 5.74) is 2.55. The number of benzene rings is 3. The minimum Gasteiger partial charge on any atom is -0.497 e. The zero-order chi connectivity index (χ0) is 26.0. The van der Waals surface area contributed by atoms with Crippen molar-refractivity contribution < 1.29 is 28.6 Å². The molecule has 9 heteroatoms. The number of hydrazone groups is 1. The first kappa shape index (κ1) is 22.5. The fraction of sp³-hybridized carbons (Fsp3) is 0.241. The SMILES string of the molecule is COc1ccc(C(=O)[C@H]2[C@H]3C(=O)N(c4ccc5c(c4)OCCO5)C(=O)[C@@H]3[C@H]3c4ccccc4C=NN32)cc1. The highest BCUT2D eigenvalue weighted by molar-refractivity contribution is 6.24. The van der Waals surface area contributed by atoms with Crippen molar-refractivity contribution in [2.24, 2.45) is 16.9 Å². The number of ether oxygens (including phenoxy) is 3. The fourth-order valence-corrected chi connectivity index (χ4v) is 6.02. The molecule has 4 atom stereocenters. The fourth-order valence-electron chi connectivity index (χ4n) is 6.02. The average Bonchev–Trinajstić information content (AvgIpc) is 3.44. The molecule has 9 nitrogen and oxygen atoms in total. The van der Waals surface area contributed by atoms with Crippen LogP contribution in [0.4, 0.5) is 5.69 Å². The maximum atomic E-state index is 14.1. The van der Waals surface area contributed by atoms with E-state index in [0.29, 0.717) is 41.7 Å². The van der Waals surface area contributed by atoms with Gasteiger partial charge in [-0.2, -0.15) is 5.10 Å². The Hall–Kier alpha value is -4.66. The Morgan fingerprint density at radius 3 is 2.45 bits per heavy atom. The van der Waals surface area contributed by atoms with Gasteiger partial charge in [0.05, 0.1) is 36.9 Å². The number of carbonyl (C=O) groups is 3. The zero-order valence-corrected chi connectivity index (χ0v) is 20.4. The van der Waals surface area contributed by atoms with Crippen molar-refractivity contribution in [2.45, 2.75) is 12.1 Å². The molecule has 2 saturated heterocycles. The third-order valence-corrected chi connectivity index (χ3v) is 7.72. The van der Waals surface area contributed by atoms with Crippen LogP contribution in [0, 0.1) is 11.8 Å². The molecule has 4 aliphatic rings. The Morgan fingerprint density at radius 2 is 1.66 bits per heavy atom. The molecule has 0 N–H and O–H groups in total. The molecule has 0 aromatic heterocycles. The number of hydrogen-bond acceptors (Lipinski definition) is 8. The standard InChI is InChI=1S/C29H23N3O6/c1-36-19-9-6-16(7-10-19)27(33)26-24-23(25-20-5-3-2-4-17(20)15-30-32(25)26)28(34)31(29(24)35)18-8-11-21-22(14-18)38-13-12-37-21/h2-11,14-15,23-26H,12-13H2,1H3/t23-,24-,25+,26+/m0/s1. The van der Waals surface area contributed by atoms with E-state index in [9.17, 15) is 14.4 Å². The molecule has 4 aliphatic heterocycles. The number of methoxy groups -OCH3 is 1. The van der Waals surface area contributed by atoms with E-state index in [1.807, 2.05) is 24.3 Å². The zero-order valence-electron chi connectivity index (χ0n) is 20.4. The second-order valence-corrected chi connectivity index (χ2v) is 9.63. The Labute approximate surface area is 218 Å². The van der Waals surface area contributed by atoms with Gasteiger partial charge in [-0.25, -0.2) is 4.90 Å². The Bertz CT molecular complexity index is 1520. The van der Waals surface area contributed by atoms with E-state index in [-0.39, 0.29) is 11.7 Å². The minimum absolute atomic E-state index is 0.271. The van der Waals surface area contributed by atoms with E-state index in [4.69, 9.17) is 14.2 Å². The van der Waals surface area contributed by atoms with Crippen molar-refractivity contribution in [3.05, 3.63) is 83.4 Å². The van der Waals surface area contributed by atoms with Gasteiger partial charge in [0.2, 0.25) is 11.8 Å². The van der Waals surface area contributed by atoms with E-state index in [1.165, 1.54) is 4.90 Å². The summed E-state index contributed by atoms with van der Waals surface area (Å²) in [5.74, 6) is -1.08. The summed E-state index contributed by atoms with van der Waals surface area (Å²) in [5, 5.41) is 6.26. The van der Waals surface area contributed by atoms with Crippen LogP contribution < -0.4 is 19.1 Å². The summed E-state index contributed by atoms with van der Waals surface area (Å²) in [7, 11) is 1.55. The van der Waals surface area contributed by atoms with Crippen molar-refractivity contribution in [2.75, 3.05) is 25.2 Å². The first-order chi connectivity index (χ1) is 18.6. The number of rotatable bonds is 4. The molecule has 190 valence electrons. The van der Waals surface area contributed by atoms with Crippen molar-refractivity contribution >= 4 is 29.5 Å². The molecular formula is C29H23N3O6. The van der Waals surface area contributed by atoms with Gasteiger partial charge >= 0.3 is 0 Å². The molecule has 3 aromatic rings. The van der Waals surface area contributed by atoms with Crippen LogP contribution in [0.1, 0.15) is 27.5 Å². The lowest BCUT2D eigenvalue weighted by molar-refractivity contribution is -0.124. The normalized spacial score (nSPS) is 24.7. The van der Waals surface area contributed by atoms with Gasteiger partial charge in [0.1, 0.15) is 25.0 Å². The molecule has 4 heterocycles. The number of Topliss-reactive ketones (excluding diaryl/α,β-unsaturated/α-hetero) is 1. The number of amides is 2. The average molecular weight is 510 g/mol. The third kappa shape index (κ3) is 3.17. The van der Waals surface area contributed by atoms with E-state index < -0.39 is 29.8 Å². The predicted octanol–water partition coefficient (Wildman–Crippen LogP) is 3.23. The summed E-state index contributed by atoms with van der Waals surface area (Å²) in [6, 6.07) is 17.9. The largest absolute Gasteiger partial charge is 0.497 e. The number of fused-ring (bicyclic) bond motifs is 6. The van der Waals surface area contributed by atoms with Crippen molar-refractivity contribution in [3.63, 3.8) is 0 Å². The maximum absolute atomic E-state index is 14.1. The van der Waals surface area contributed by atoms with Crippen molar-refractivity contribution in [1.29, 1.82) is 0 Å². The van der Waals surface area contributed by atoms with Gasteiger partial charge in [-0.05, 0) is 47.5 Å². The lowest BCUT2D eigenvalue weighted by Crippen LogP contribution is -2.44. The predicted molar refractivity (Wildman–Crippen MR) is 137 cm³/mol. The number of anilines is 1. The summed E-state index contributed by atoms with van der Waals surface area (Å²) >= 11 is 0. The minimum atomic E-state index is -0.943. The van der Waals surface area contributed by atoms with E-state index in [0.717, 1.165) is 11.1 Å². The van der Waals surface area contributed by atoms with Gasteiger partial charge in [-0.3, -0.25) is 19.4 Å². The van der Waals surface area contributed by atoms with Crippen LogP contribution in [-0.2, 0) is 9.59 Å². The molecule has 2 amide bonds. The topological polar surface area (TPSA) is 97.7 Å². The van der Waals surface area contributed by atoms with Crippen LogP contribution in [0.25, 0.3) is 0 Å². The summed E-state index contributed by atoms with van der Waals surface area (Å²) in [4.78, 5) is 43.3. The summed E-state index contributed by atoms with van der Waals surface area (Å²) < 4.78 is 16.5. The highest BCUT2D eigenvalue weighted by Gasteiger charge is 2.65. The van der Waals surface area contributed by atoms with Crippen LogP contribution in [0.2, 0.25) is 0 Å². The quantitative estimate of drug-likeness (QED) is 0.394. The highest BCUT2D eigenvalue weighted by atomic mass is 16.6. The Morgan fingerprint density at radius 1 is 0.921 bits per heavy atom. The smallest absolute Gasteiger partial charge is 0.240 e. The second-order valence-electron chi connectivity index (χ2n) is 9.63. The molecule has 0 spiro atoms. The number of nitrogens with zero attached hydrogens (tertiary/aromatic N) is 3. The molecule has 0 aliphatic carbocycles. The lowest BCUT2D eigenvalue weighted by atomic mass is 9.83. The van der Waals surface area contributed by atoms with E-state index >= 15 is 0 Å². The number of ketones is 1. The highest BCUT2D eigenvalue weighted by Crippen LogP contribution is 2.53. The molecule has 3 aromatic carbocycles. The van der Waals surface area contributed by atoms with Gasteiger partial charge in [-0.1, -0.05) is 24.3 Å². The summed E-state index contributed by atoms with van der Waals surface area (Å²) in [6.07, 6.45) is 1.69. The molecule has 0 radical (unpaired) electrons. The van der Waals surface area contributed by atoms with Crippen LogP contribution in [0.15, 0.2) is 71.8 Å². The van der Waals surface area contributed by atoms with E-state index in [1.54, 1.807) is 60.8 Å². The third-order valence-electron chi connectivity index (χ3n) is 7.72.